The van der Waals surface area contributed by atoms with E-state index in [2.05, 4.69) is 22.5 Å². The van der Waals surface area contributed by atoms with Crippen molar-refractivity contribution in [3.63, 3.8) is 0 Å². The van der Waals surface area contributed by atoms with Gasteiger partial charge < -0.3 is 16.4 Å². The van der Waals surface area contributed by atoms with E-state index in [9.17, 15) is 14.4 Å². The van der Waals surface area contributed by atoms with Crippen molar-refractivity contribution in [1.82, 2.24) is 16.1 Å². The van der Waals surface area contributed by atoms with E-state index in [1.165, 1.54) is 5.48 Å². The van der Waals surface area contributed by atoms with E-state index in [4.69, 9.17) is 10.9 Å². The fourth-order valence-corrected chi connectivity index (χ4v) is 2.47. The van der Waals surface area contributed by atoms with Crippen molar-refractivity contribution < 1.29 is 19.6 Å². The molecule has 0 aromatic heterocycles. The van der Waals surface area contributed by atoms with Gasteiger partial charge in [0.25, 0.3) is 11.8 Å². The van der Waals surface area contributed by atoms with Gasteiger partial charge in [0.05, 0.1) is 0 Å². The first-order valence-electron chi connectivity index (χ1n) is 9.42. The molecule has 1 atom stereocenters. The van der Waals surface area contributed by atoms with Crippen molar-refractivity contribution in [2.75, 3.05) is 13.1 Å². The monoisotopic (exact) mass is 408 g/mol. The number of nitrogens with two attached hydrogens (primary N) is 1. The lowest BCUT2D eigenvalue weighted by Gasteiger charge is -2.17. The Morgan fingerprint density at radius 2 is 1.60 bits per heavy atom. The molecular weight excluding hydrogens is 384 g/mol. The third kappa shape index (κ3) is 7.39. The Morgan fingerprint density at radius 1 is 0.967 bits per heavy atom. The number of rotatable bonds is 8. The molecule has 2 aromatic carbocycles. The third-order valence-corrected chi connectivity index (χ3v) is 4.12. The summed E-state index contributed by atoms with van der Waals surface area (Å²) in [5.74, 6) is 4.37. The van der Waals surface area contributed by atoms with Gasteiger partial charge >= 0.3 is 0 Å². The van der Waals surface area contributed by atoms with E-state index < -0.39 is 17.9 Å². The summed E-state index contributed by atoms with van der Waals surface area (Å²) in [6.07, 6.45) is 0.720. The molecule has 30 heavy (non-hydrogen) atoms. The fraction of sp³-hybridized carbons (Fsp3) is 0.227. The SMILES string of the molecule is NCCCC(=O)NC[C@H](NC(=O)c1ccc(C#Cc2ccccc2)cc1)C(=O)NO. The molecule has 0 aliphatic carbocycles. The van der Waals surface area contributed by atoms with Crippen LogP contribution in [0.15, 0.2) is 54.6 Å². The fourth-order valence-electron chi connectivity index (χ4n) is 2.47. The largest absolute Gasteiger partial charge is 0.353 e. The molecule has 0 heterocycles. The average Bonchev–Trinajstić information content (AvgIpc) is 2.79. The Kier molecular flexibility index (Phi) is 9.06. The Hall–Kier alpha value is -3.67. The lowest BCUT2D eigenvalue weighted by Crippen LogP contribution is -2.52. The molecule has 2 aromatic rings. The molecule has 0 spiro atoms. The summed E-state index contributed by atoms with van der Waals surface area (Å²) >= 11 is 0. The van der Waals surface area contributed by atoms with Gasteiger partial charge in [-0.1, -0.05) is 30.0 Å². The second-order valence-corrected chi connectivity index (χ2v) is 6.39. The van der Waals surface area contributed by atoms with E-state index in [0.717, 1.165) is 11.1 Å². The number of hydrogen-bond acceptors (Lipinski definition) is 5. The predicted molar refractivity (Wildman–Crippen MR) is 111 cm³/mol. The molecule has 8 nitrogen and oxygen atoms in total. The summed E-state index contributed by atoms with van der Waals surface area (Å²) in [7, 11) is 0. The normalized spacial score (nSPS) is 10.9. The maximum absolute atomic E-state index is 12.4. The summed E-state index contributed by atoms with van der Waals surface area (Å²) in [6, 6.07) is 14.9. The van der Waals surface area contributed by atoms with Gasteiger partial charge in [-0.25, -0.2) is 5.48 Å². The summed E-state index contributed by atoms with van der Waals surface area (Å²) < 4.78 is 0. The molecule has 156 valence electrons. The molecule has 0 aliphatic heterocycles. The molecular formula is C22H24N4O4. The quantitative estimate of drug-likeness (QED) is 0.247. The van der Waals surface area contributed by atoms with Gasteiger partial charge in [0, 0.05) is 29.7 Å². The lowest BCUT2D eigenvalue weighted by atomic mass is 10.1. The molecule has 6 N–H and O–H groups in total. The summed E-state index contributed by atoms with van der Waals surface area (Å²) in [5, 5.41) is 13.9. The van der Waals surface area contributed by atoms with Crippen molar-refractivity contribution in [1.29, 1.82) is 0 Å². The minimum Gasteiger partial charge on any atom is -0.353 e. The molecule has 3 amide bonds. The summed E-state index contributed by atoms with van der Waals surface area (Å²) in [4.78, 5) is 35.9. The number of amides is 3. The minimum atomic E-state index is -1.14. The lowest BCUT2D eigenvalue weighted by molar-refractivity contribution is -0.131. The Bertz CT molecular complexity index is 918. The molecule has 0 bridgehead atoms. The first kappa shape index (κ1) is 22.6. The number of hydrogen-bond donors (Lipinski definition) is 5. The van der Waals surface area contributed by atoms with Gasteiger partial charge in [-0.15, -0.1) is 0 Å². The molecule has 0 radical (unpaired) electrons. The van der Waals surface area contributed by atoms with Gasteiger partial charge in [-0.05, 0) is 49.4 Å². The van der Waals surface area contributed by atoms with Crippen LogP contribution in [-0.2, 0) is 9.59 Å². The van der Waals surface area contributed by atoms with Crippen molar-refractivity contribution in [3.05, 3.63) is 71.3 Å². The zero-order chi connectivity index (χ0) is 21.8. The van der Waals surface area contributed by atoms with Crippen molar-refractivity contribution in [2.24, 2.45) is 5.73 Å². The Morgan fingerprint density at radius 3 is 2.20 bits per heavy atom. The van der Waals surface area contributed by atoms with Gasteiger partial charge in [0.2, 0.25) is 5.91 Å². The second-order valence-electron chi connectivity index (χ2n) is 6.39. The van der Waals surface area contributed by atoms with E-state index in [-0.39, 0.29) is 18.9 Å². The minimum absolute atomic E-state index is 0.165. The Balaban J connectivity index is 1.98. The maximum Gasteiger partial charge on any atom is 0.267 e. The predicted octanol–water partition coefficient (Wildman–Crippen LogP) is 0.545. The third-order valence-electron chi connectivity index (χ3n) is 4.12. The summed E-state index contributed by atoms with van der Waals surface area (Å²) in [6.45, 7) is 0.207. The first-order valence-corrected chi connectivity index (χ1v) is 9.42. The molecule has 0 fully saturated rings. The van der Waals surface area contributed by atoms with Crippen LogP contribution in [0.2, 0.25) is 0 Å². The van der Waals surface area contributed by atoms with Crippen LogP contribution in [0.4, 0.5) is 0 Å². The first-order chi connectivity index (χ1) is 14.5. The van der Waals surface area contributed by atoms with Crippen LogP contribution in [0.5, 0.6) is 0 Å². The zero-order valence-corrected chi connectivity index (χ0v) is 16.4. The van der Waals surface area contributed by atoms with Gasteiger partial charge in [0.1, 0.15) is 6.04 Å². The van der Waals surface area contributed by atoms with Crippen LogP contribution in [0.3, 0.4) is 0 Å². The van der Waals surface area contributed by atoms with Gasteiger partial charge in [-0.3, -0.25) is 19.6 Å². The standard InChI is InChI=1S/C22H24N4O4/c23-14-4-7-20(27)24-15-19(22(29)26-30)25-21(28)18-12-10-17(11-13-18)9-8-16-5-2-1-3-6-16/h1-3,5-6,10-13,19,30H,4,7,14-15,23H2,(H,24,27)(H,25,28)(H,26,29)/t19-/m0/s1. The van der Waals surface area contributed by atoms with E-state index in [1.54, 1.807) is 24.3 Å². The maximum atomic E-state index is 12.4. The van der Waals surface area contributed by atoms with Crippen LogP contribution in [-0.4, -0.2) is 42.1 Å². The smallest absolute Gasteiger partial charge is 0.267 e. The van der Waals surface area contributed by atoms with Crippen LogP contribution < -0.4 is 21.8 Å². The van der Waals surface area contributed by atoms with Crippen LogP contribution in [0, 0.1) is 11.8 Å². The number of carbonyl (C=O) groups is 3. The highest BCUT2D eigenvalue weighted by Gasteiger charge is 2.21. The number of nitrogens with one attached hydrogen (secondary N) is 3. The topological polar surface area (TPSA) is 134 Å². The van der Waals surface area contributed by atoms with Crippen molar-refractivity contribution in [3.8, 4) is 11.8 Å². The summed E-state index contributed by atoms with van der Waals surface area (Å²) in [5.41, 5.74) is 8.76. The number of carbonyl (C=O) groups excluding carboxylic acids is 3. The highest BCUT2D eigenvalue weighted by atomic mass is 16.5. The van der Waals surface area contributed by atoms with E-state index in [0.29, 0.717) is 18.5 Å². The van der Waals surface area contributed by atoms with Gasteiger partial charge in [0.15, 0.2) is 0 Å². The zero-order valence-electron chi connectivity index (χ0n) is 16.4. The van der Waals surface area contributed by atoms with E-state index >= 15 is 0 Å². The number of hydroxylamine groups is 1. The molecule has 8 heteroatoms. The van der Waals surface area contributed by atoms with Crippen LogP contribution in [0.1, 0.15) is 34.3 Å². The number of benzene rings is 2. The molecule has 0 saturated carbocycles. The molecule has 0 saturated heterocycles. The second kappa shape index (κ2) is 12.0. The van der Waals surface area contributed by atoms with Gasteiger partial charge in [-0.2, -0.15) is 0 Å². The molecule has 2 rings (SSSR count). The Labute approximate surface area is 174 Å². The molecule has 0 aliphatic rings. The van der Waals surface area contributed by atoms with Crippen molar-refractivity contribution in [2.45, 2.75) is 18.9 Å². The van der Waals surface area contributed by atoms with Crippen LogP contribution >= 0.6 is 0 Å². The molecule has 0 unspecified atom stereocenters. The highest BCUT2D eigenvalue weighted by molar-refractivity contribution is 5.97. The van der Waals surface area contributed by atoms with Crippen LogP contribution in [0.25, 0.3) is 0 Å². The van der Waals surface area contributed by atoms with E-state index in [1.807, 2.05) is 30.3 Å². The average molecular weight is 408 g/mol. The highest BCUT2D eigenvalue weighted by Crippen LogP contribution is 2.05. The van der Waals surface area contributed by atoms with Crippen molar-refractivity contribution >= 4 is 17.7 Å².